The molecule has 23 heavy (non-hydrogen) atoms. The number of aromatic nitrogens is 6. The zero-order valence-corrected chi connectivity index (χ0v) is 12.2. The fourth-order valence-corrected chi connectivity index (χ4v) is 2.40. The minimum absolute atomic E-state index is 0.160. The molecule has 0 amide bonds. The second-order valence-corrected chi connectivity index (χ2v) is 5.07. The number of ether oxygens (including phenoxy) is 1. The summed E-state index contributed by atoms with van der Waals surface area (Å²) in [6, 6.07) is 5.45. The van der Waals surface area contributed by atoms with Gasteiger partial charge in [-0.15, -0.1) is 0 Å². The average molecular weight is 308 g/mol. The lowest BCUT2D eigenvalue weighted by molar-refractivity contribution is 0.297. The first kappa shape index (κ1) is 13.4. The number of hydrogen-bond donors (Lipinski definition) is 2. The van der Waals surface area contributed by atoms with E-state index in [9.17, 15) is 4.79 Å². The van der Waals surface area contributed by atoms with Crippen LogP contribution in [0, 0.1) is 6.92 Å². The molecule has 0 aliphatic heterocycles. The number of nitrogens with one attached hydrogen (secondary N) is 2. The lowest BCUT2D eigenvalue weighted by Crippen LogP contribution is -2.10. The van der Waals surface area contributed by atoms with Crippen molar-refractivity contribution in [3.05, 3.63) is 52.6 Å². The van der Waals surface area contributed by atoms with Gasteiger partial charge < -0.3 is 14.7 Å². The summed E-state index contributed by atoms with van der Waals surface area (Å²) in [5.74, 6) is 1.01. The maximum Gasteiger partial charge on any atom is 0.258 e. The van der Waals surface area contributed by atoms with E-state index in [1.165, 1.54) is 12.7 Å². The molecule has 0 aliphatic rings. The Bertz CT molecular complexity index is 1070. The third kappa shape index (κ3) is 2.39. The zero-order valence-electron chi connectivity index (χ0n) is 12.2. The molecule has 0 radical (unpaired) electrons. The van der Waals surface area contributed by atoms with Crippen LogP contribution in [0.2, 0.25) is 0 Å². The van der Waals surface area contributed by atoms with Crippen molar-refractivity contribution in [2.24, 2.45) is 0 Å². The molecule has 3 heterocycles. The highest BCUT2D eigenvalue weighted by Gasteiger charge is 2.08. The highest BCUT2D eigenvalue weighted by atomic mass is 16.5. The predicted molar refractivity (Wildman–Crippen MR) is 83.1 cm³/mol. The molecule has 0 atom stereocenters. The smallest absolute Gasteiger partial charge is 0.258 e. The Labute approximate surface area is 129 Å². The lowest BCUT2D eigenvalue weighted by atomic mass is 10.1. The molecular weight excluding hydrogens is 296 g/mol. The molecule has 0 aliphatic carbocycles. The zero-order chi connectivity index (χ0) is 15.8. The number of imidazole rings is 1. The van der Waals surface area contributed by atoms with Gasteiger partial charge in [-0.25, -0.2) is 15.0 Å². The molecule has 0 bridgehead atoms. The van der Waals surface area contributed by atoms with Gasteiger partial charge in [0.15, 0.2) is 5.65 Å². The highest BCUT2D eigenvalue weighted by molar-refractivity contribution is 5.78. The summed E-state index contributed by atoms with van der Waals surface area (Å²) in [6.07, 6.45) is 2.94. The van der Waals surface area contributed by atoms with Crippen molar-refractivity contribution in [2.75, 3.05) is 0 Å². The van der Waals surface area contributed by atoms with Crippen molar-refractivity contribution >= 4 is 22.1 Å². The molecule has 0 saturated carbocycles. The van der Waals surface area contributed by atoms with E-state index in [-0.39, 0.29) is 12.2 Å². The van der Waals surface area contributed by atoms with Crippen molar-refractivity contribution in [2.45, 2.75) is 13.5 Å². The van der Waals surface area contributed by atoms with Gasteiger partial charge in [0.25, 0.3) is 5.56 Å². The molecule has 114 valence electrons. The Hall–Kier alpha value is -3.29. The van der Waals surface area contributed by atoms with Crippen LogP contribution in [0.5, 0.6) is 5.88 Å². The van der Waals surface area contributed by atoms with E-state index in [0.29, 0.717) is 33.8 Å². The number of nitrogens with zero attached hydrogens (tertiary/aromatic N) is 4. The lowest BCUT2D eigenvalue weighted by Gasteiger charge is -2.06. The maximum atomic E-state index is 12.0. The third-order valence-corrected chi connectivity index (χ3v) is 3.45. The van der Waals surface area contributed by atoms with Crippen LogP contribution in [0.1, 0.15) is 11.4 Å². The van der Waals surface area contributed by atoms with E-state index in [1.54, 1.807) is 13.0 Å². The third-order valence-electron chi connectivity index (χ3n) is 3.45. The minimum Gasteiger partial charge on any atom is -0.471 e. The van der Waals surface area contributed by atoms with Crippen LogP contribution in [0.4, 0.5) is 0 Å². The van der Waals surface area contributed by atoms with E-state index in [0.717, 1.165) is 5.56 Å². The number of benzene rings is 1. The molecule has 3 aromatic heterocycles. The summed E-state index contributed by atoms with van der Waals surface area (Å²) in [4.78, 5) is 34.1. The normalized spacial score (nSPS) is 11.2. The van der Waals surface area contributed by atoms with E-state index in [1.807, 2.05) is 12.1 Å². The van der Waals surface area contributed by atoms with Crippen molar-refractivity contribution in [3.8, 4) is 5.88 Å². The average Bonchev–Trinajstić information content (AvgIpc) is 3.02. The van der Waals surface area contributed by atoms with E-state index < -0.39 is 0 Å². The summed E-state index contributed by atoms with van der Waals surface area (Å²) in [5.41, 5.74) is 2.54. The monoisotopic (exact) mass is 308 g/mol. The molecule has 1 aromatic carbocycles. The maximum absolute atomic E-state index is 12.0. The Morgan fingerprint density at radius 2 is 2.13 bits per heavy atom. The molecule has 0 saturated heterocycles. The van der Waals surface area contributed by atoms with Gasteiger partial charge >= 0.3 is 0 Å². The van der Waals surface area contributed by atoms with Crippen LogP contribution < -0.4 is 10.3 Å². The Morgan fingerprint density at radius 3 is 3.04 bits per heavy atom. The van der Waals surface area contributed by atoms with Crippen molar-refractivity contribution in [1.82, 2.24) is 29.9 Å². The van der Waals surface area contributed by atoms with Gasteiger partial charge in [0.05, 0.1) is 17.2 Å². The van der Waals surface area contributed by atoms with Crippen molar-refractivity contribution in [3.63, 3.8) is 0 Å². The first-order valence-electron chi connectivity index (χ1n) is 6.97. The van der Waals surface area contributed by atoms with Crippen molar-refractivity contribution in [1.29, 1.82) is 0 Å². The Balaban J connectivity index is 1.65. The van der Waals surface area contributed by atoms with E-state index in [2.05, 4.69) is 29.9 Å². The standard InChI is InChI=1S/C15H12N6O2/c1-8-20-11-3-2-9(4-10(11)14(22)21-8)5-23-15-12-13(17-6-16-12)18-7-19-15/h2-4,6-7H,5H2,1H3,(H,20,21,22)(H,16,17,18,19). The first-order chi connectivity index (χ1) is 11.2. The molecular formula is C15H12N6O2. The van der Waals surface area contributed by atoms with Gasteiger partial charge in [-0.1, -0.05) is 6.07 Å². The molecule has 4 rings (SSSR count). The predicted octanol–water partition coefficient (Wildman–Crippen LogP) is 1.48. The van der Waals surface area contributed by atoms with Gasteiger partial charge in [-0.3, -0.25) is 4.79 Å². The van der Waals surface area contributed by atoms with Crippen molar-refractivity contribution < 1.29 is 4.74 Å². The molecule has 8 heteroatoms. The second kappa shape index (κ2) is 5.16. The van der Waals surface area contributed by atoms with Gasteiger partial charge in [0.2, 0.25) is 5.88 Å². The van der Waals surface area contributed by atoms with Gasteiger partial charge in [0, 0.05) is 0 Å². The van der Waals surface area contributed by atoms with Crippen LogP contribution in [0.25, 0.3) is 22.1 Å². The molecule has 4 aromatic rings. The summed E-state index contributed by atoms with van der Waals surface area (Å²) >= 11 is 0. The molecule has 0 spiro atoms. The van der Waals surface area contributed by atoms with E-state index >= 15 is 0 Å². The summed E-state index contributed by atoms with van der Waals surface area (Å²) in [5, 5.41) is 0.533. The van der Waals surface area contributed by atoms with Crippen LogP contribution in [-0.4, -0.2) is 29.9 Å². The second-order valence-electron chi connectivity index (χ2n) is 5.07. The fraction of sp³-hybridized carbons (Fsp3) is 0.133. The Kier molecular flexibility index (Phi) is 3.00. The minimum atomic E-state index is -0.160. The summed E-state index contributed by atoms with van der Waals surface area (Å²) in [6.45, 7) is 2.02. The number of hydrogen-bond acceptors (Lipinski definition) is 6. The topological polar surface area (TPSA) is 109 Å². The molecule has 2 N–H and O–H groups in total. The van der Waals surface area contributed by atoms with Crippen LogP contribution in [-0.2, 0) is 6.61 Å². The largest absolute Gasteiger partial charge is 0.471 e. The van der Waals surface area contributed by atoms with Gasteiger partial charge in [-0.2, -0.15) is 4.98 Å². The van der Waals surface area contributed by atoms with Gasteiger partial charge in [0.1, 0.15) is 24.3 Å². The number of H-pyrrole nitrogens is 2. The molecule has 0 unspecified atom stereocenters. The molecule has 0 fully saturated rings. The van der Waals surface area contributed by atoms with Crippen LogP contribution >= 0.6 is 0 Å². The number of aryl methyl sites for hydroxylation is 1. The number of fused-ring (bicyclic) bond motifs is 2. The summed E-state index contributed by atoms with van der Waals surface area (Å²) in [7, 11) is 0. The van der Waals surface area contributed by atoms with Crippen LogP contribution in [0.3, 0.4) is 0 Å². The van der Waals surface area contributed by atoms with E-state index in [4.69, 9.17) is 4.74 Å². The number of aromatic amines is 2. The summed E-state index contributed by atoms with van der Waals surface area (Å²) < 4.78 is 5.72. The Morgan fingerprint density at radius 1 is 1.22 bits per heavy atom. The molecule has 8 nitrogen and oxygen atoms in total. The quantitative estimate of drug-likeness (QED) is 0.593. The van der Waals surface area contributed by atoms with Gasteiger partial charge in [-0.05, 0) is 24.6 Å². The first-order valence-corrected chi connectivity index (χ1v) is 6.97. The number of rotatable bonds is 3. The fourth-order valence-electron chi connectivity index (χ4n) is 2.40. The van der Waals surface area contributed by atoms with Crippen LogP contribution in [0.15, 0.2) is 35.6 Å². The highest BCUT2D eigenvalue weighted by Crippen LogP contribution is 2.19. The SMILES string of the molecule is Cc1nc2ccc(COc3ncnc4nc[nH]c34)cc2c(=O)[nH]1.